The predicted molar refractivity (Wildman–Crippen MR) is 67.5 cm³/mol. The van der Waals surface area contributed by atoms with Crippen molar-refractivity contribution in [2.75, 3.05) is 7.11 Å². The number of fused-ring (bicyclic) bond motifs is 1. The molecule has 3 nitrogen and oxygen atoms in total. The lowest BCUT2D eigenvalue weighted by Gasteiger charge is -2.02. The topological polar surface area (TPSA) is 31.2 Å². The Labute approximate surface area is 98.4 Å². The highest BCUT2D eigenvalue weighted by molar-refractivity contribution is 7.13. The fourth-order valence-corrected chi connectivity index (χ4v) is 2.84. The zero-order chi connectivity index (χ0) is 11.7. The summed E-state index contributed by atoms with van der Waals surface area (Å²) >= 11 is 1.51. The molecule has 2 rings (SSSR count). The number of hydrogen-bond acceptors (Lipinski definition) is 3. The zero-order valence-corrected chi connectivity index (χ0v) is 10.5. The quantitative estimate of drug-likeness (QED) is 0.822. The number of nitrogens with zero attached hydrogens (tertiary/aromatic N) is 1. The van der Waals surface area contributed by atoms with Crippen LogP contribution in [0.3, 0.4) is 0 Å². The molecule has 16 heavy (non-hydrogen) atoms. The molecule has 0 fully saturated rings. The molecule has 0 saturated heterocycles. The van der Waals surface area contributed by atoms with Crippen LogP contribution in [0.2, 0.25) is 0 Å². The molecule has 0 atom stereocenters. The van der Waals surface area contributed by atoms with Gasteiger partial charge in [-0.2, -0.15) is 0 Å². The van der Waals surface area contributed by atoms with Crippen molar-refractivity contribution < 1.29 is 4.74 Å². The molecule has 1 aromatic carbocycles. The second-order valence-electron chi connectivity index (χ2n) is 4.21. The molecule has 0 aliphatic carbocycles. The lowest BCUT2D eigenvalue weighted by Crippen LogP contribution is -2.15. The lowest BCUT2D eigenvalue weighted by atomic mass is 10.2. The van der Waals surface area contributed by atoms with Crippen molar-refractivity contribution >= 4 is 21.6 Å². The van der Waals surface area contributed by atoms with E-state index < -0.39 is 0 Å². The summed E-state index contributed by atoms with van der Waals surface area (Å²) < 4.78 is 7.95. The first kappa shape index (κ1) is 11.2. The SMILES string of the molecule is COc1ccc2c(=O)n(CC(C)C)sc2c1. The van der Waals surface area contributed by atoms with Crippen LogP contribution in [-0.2, 0) is 6.54 Å². The van der Waals surface area contributed by atoms with Crippen LogP contribution in [0.15, 0.2) is 23.0 Å². The number of aromatic nitrogens is 1. The van der Waals surface area contributed by atoms with Crippen molar-refractivity contribution in [3.8, 4) is 5.75 Å². The Hall–Kier alpha value is -1.29. The summed E-state index contributed by atoms with van der Waals surface area (Å²) in [5.41, 5.74) is 0.108. The van der Waals surface area contributed by atoms with Crippen molar-refractivity contribution in [1.29, 1.82) is 0 Å². The van der Waals surface area contributed by atoms with Crippen LogP contribution < -0.4 is 10.3 Å². The molecule has 0 aliphatic rings. The van der Waals surface area contributed by atoms with Gasteiger partial charge in [-0.25, -0.2) is 0 Å². The molecular weight excluding hydrogens is 222 g/mol. The van der Waals surface area contributed by atoms with E-state index in [0.717, 1.165) is 22.4 Å². The maximum atomic E-state index is 12.0. The van der Waals surface area contributed by atoms with E-state index in [1.807, 2.05) is 22.2 Å². The number of benzene rings is 1. The molecule has 1 heterocycles. The van der Waals surface area contributed by atoms with Gasteiger partial charge in [-0.1, -0.05) is 25.4 Å². The normalized spacial score (nSPS) is 11.2. The third-order valence-electron chi connectivity index (χ3n) is 2.39. The van der Waals surface area contributed by atoms with E-state index in [4.69, 9.17) is 4.74 Å². The Bertz CT molecular complexity index is 554. The Kier molecular flexibility index (Phi) is 3.01. The zero-order valence-electron chi connectivity index (χ0n) is 9.69. The maximum absolute atomic E-state index is 12.0. The molecule has 0 saturated carbocycles. The smallest absolute Gasteiger partial charge is 0.268 e. The van der Waals surface area contributed by atoms with Crippen LogP contribution in [0, 0.1) is 5.92 Å². The van der Waals surface area contributed by atoms with Crippen molar-refractivity contribution in [3.63, 3.8) is 0 Å². The van der Waals surface area contributed by atoms with Gasteiger partial charge in [-0.15, -0.1) is 0 Å². The van der Waals surface area contributed by atoms with E-state index in [1.165, 1.54) is 11.5 Å². The van der Waals surface area contributed by atoms with Crippen LogP contribution in [-0.4, -0.2) is 11.1 Å². The summed E-state index contributed by atoms with van der Waals surface area (Å²) in [5.74, 6) is 1.28. The van der Waals surface area contributed by atoms with Crippen LogP contribution in [0.1, 0.15) is 13.8 Å². The minimum absolute atomic E-state index is 0.108. The monoisotopic (exact) mass is 237 g/mol. The molecule has 4 heteroatoms. The van der Waals surface area contributed by atoms with E-state index in [2.05, 4.69) is 13.8 Å². The fourth-order valence-electron chi connectivity index (χ4n) is 1.63. The van der Waals surface area contributed by atoms with E-state index in [0.29, 0.717) is 5.92 Å². The summed E-state index contributed by atoms with van der Waals surface area (Å²) in [5, 5.41) is 0.784. The third kappa shape index (κ3) is 1.97. The van der Waals surface area contributed by atoms with Gasteiger partial charge in [0.15, 0.2) is 0 Å². The van der Waals surface area contributed by atoms with Crippen LogP contribution >= 0.6 is 11.5 Å². The maximum Gasteiger partial charge on any atom is 0.268 e. The van der Waals surface area contributed by atoms with Gasteiger partial charge >= 0.3 is 0 Å². The first-order chi connectivity index (χ1) is 7.61. The first-order valence-corrected chi connectivity index (χ1v) is 6.07. The minimum atomic E-state index is 0.108. The van der Waals surface area contributed by atoms with Gasteiger partial charge in [0, 0.05) is 6.54 Å². The number of ether oxygens (including phenoxy) is 1. The van der Waals surface area contributed by atoms with E-state index in [1.54, 1.807) is 7.11 Å². The van der Waals surface area contributed by atoms with Crippen molar-refractivity contribution in [2.24, 2.45) is 5.92 Å². The largest absolute Gasteiger partial charge is 0.497 e. The highest BCUT2D eigenvalue weighted by Crippen LogP contribution is 2.22. The molecule has 0 spiro atoms. The molecule has 86 valence electrons. The summed E-state index contributed by atoms with van der Waals surface area (Å²) in [6, 6.07) is 5.58. The third-order valence-corrected chi connectivity index (χ3v) is 3.45. The Morgan fingerprint density at radius 1 is 1.44 bits per heavy atom. The molecule has 0 bridgehead atoms. The standard InChI is InChI=1S/C12H15NO2S/c1-8(2)7-13-12(14)10-5-4-9(15-3)6-11(10)16-13/h4-6,8H,7H2,1-3H3. The van der Waals surface area contributed by atoms with Gasteiger partial charge in [0.2, 0.25) is 0 Å². The van der Waals surface area contributed by atoms with Crippen LogP contribution in [0.4, 0.5) is 0 Å². The second kappa shape index (κ2) is 4.29. The average molecular weight is 237 g/mol. The van der Waals surface area contributed by atoms with Crippen molar-refractivity contribution in [3.05, 3.63) is 28.6 Å². The molecule has 0 unspecified atom stereocenters. The average Bonchev–Trinajstić information content (AvgIpc) is 2.54. The predicted octanol–water partition coefficient (Wildman–Crippen LogP) is 2.73. The molecule has 0 amide bonds. The minimum Gasteiger partial charge on any atom is -0.497 e. The molecule has 0 aliphatic heterocycles. The van der Waals surface area contributed by atoms with Crippen LogP contribution in [0.25, 0.3) is 10.1 Å². The van der Waals surface area contributed by atoms with Gasteiger partial charge in [-0.3, -0.25) is 8.75 Å². The molecular formula is C12H15NO2S. The first-order valence-electron chi connectivity index (χ1n) is 5.29. The Balaban J connectivity index is 2.54. The van der Waals surface area contributed by atoms with Gasteiger partial charge in [-0.05, 0) is 24.1 Å². The number of hydrogen-bond donors (Lipinski definition) is 0. The molecule has 2 aromatic rings. The summed E-state index contributed by atoms with van der Waals surface area (Å²) in [6.07, 6.45) is 0. The number of rotatable bonds is 3. The molecule has 1 aromatic heterocycles. The van der Waals surface area contributed by atoms with E-state index >= 15 is 0 Å². The van der Waals surface area contributed by atoms with Crippen molar-refractivity contribution in [1.82, 2.24) is 3.96 Å². The summed E-state index contributed by atoms with van der Waals surface area (Å²) in [7, 11) is 1.63. The fraction of sp³-hybridized carbons (Fsp3) is 0.417. The van der Waals surface area contributed by atoms with Gasteiger partial charge < -0.3 is 4.74 Å². The van der Waals surface area contributed by atoms with Crippen LogP contribution in [0.5, 0.6) is 5.75 Å². The Morgan fingerprint density at radius 2 is 2.19 bits per heavy atom. The van der Waals surface area contributed by atoms with Crippen molar-refractivity contribution in [2.45, 2.75) is 20.4 Å². The van der Waals surface area contributed by atoms with Gasteiger partial charge in [0.05, 0.1) is 17.2 Å². The molecule has 0 radical (unpaired) electrons. The van der Waals surface area contributed by atoms with Gasteiger partial charge in [0.1, 0.15) is 5.75 Å². The number of methoxy groups -OCH3 is 1. The Morgan fingerprint density at radius 3 is 2.81 bits per heavy atom. The highest BCUT2D eigenvalue weighted by Gasteiger charge is 2.09. The summed E-state index contributed by atoms with van der Waals surface area (Å²) in [6.45, 7) is 5.00. The van der Waals surface area contributed by atoms with Gasteiger partial charge in [0.25, 0.3) is 5.56 Å². The second-order valence-corrected chi connectivity index (χ2v) is 5.28. The summed E-state index contributed by atoms with van der Waals surface area (Å²) in [4.78, 5) is 12.0. The van der Waals surface area contributed by atoms with E-state index in [-0.39, 0.29) is 5.56 Å². The lowest BCUT2D eigenvalue weighted by molar-refractivity contribution is 0.415. The highest BCUT2D eigenvalue weighted by atomic mass is 32.1. The molecule has 0 N–H and O–H groups in total. The van der Waals surface area contributed by atoms with E-state index in [9.17, 15) is 4.79 Å².